The number of carbonyl (C=O) groups is 1. The summed E-state index contributed by atoms with van der Waals surface area (Å²) in [7, 11) is 0. The van der Waals surface area contributed by atoms with Gasteiger partial charge in [0.05, 0.1) is 5.60 Å². The number of thioether (sulfide) groups is 1. The zero-order chi connectivity index (χ0) is 12.9. The van der Waals surface area contributed by atoms with Crippen LogP contribution in [0.1, 0.15) is 17.3 Å². The van der Waals surface area contributed by atoms with Gasteiger partial charge in [-0.15, -0.1) is 0 Å². The van der Waals surface area contributed by atoms with Crippen LogP contribution >= 0.6 is 27.7 Å². The van der Waals surface area contributed by atoms with E-state index in [1.165, 1.54) is 0 Å². The summed E-state index contributed by atoms with van der Waals surface area (Å²) in [6.45, 7) is 1.96. The van der Waals surface area contributed by atoms with E-state index in [0.29, 0.717) is 11.3 Å². The van der Waals surface area contributed by atoms with Crippen molar-refractivity contribution in [2.24, 2.45) is 0 Å². The Labute approximate surface area is 114 Å². The SMILES string of the molecule is CSCC(C)(O)CNC(=O)c1cccc(Br)c1. The van der Waals surface area contributed by atoms with Crippen molar-refractivity contribution in [3.8, 4) is 0 Å². The summed E-state index contributed by atoms with van der Waals surface area (Å²) >= 11 is 4.86. The van der Waals surface area contributed by atoms with Crippen LogP contribution in [-0.4, -0.2) is 35.2 Å². The summed E-state index contributed by atoms with van der Waals surface area (Å²) < 4.78 is 0.862. The van der Waals surface area contributed by atoms with E-state index in [1.54, 1.807) is 36.9 Å². The third-order valence-corrected chi connectivity index (χ3v) is 3.58. The van der Waals surface area contributed by atoms with Gasteiger partial charge < -0.3 is 10.4 Å². The van der Waals surface area contributed by atoms with E-state index in [-0.39, 0.29) is 12.5 Å². The maximum Gasteiger partial charge on any atom is 0.251 e. The van der Waals surface area contributed by atoms with E-state index in [2.05, 4.69) is 21.2 Å². The number of hydrogen-bond acceptors (Lipinski definition) is 3. The van der Waals surface area contributed by atoms with Crippen LogP contribution in [0.5, 0.6) is 0 Å². The maximum atomic E-state index is 11.8. The Hall–Kier alpha value is -0.520. The lowest BCUT2D eigenvalue weighted by Gasteiger charge is -2.22. The molecule has 1 aromatic rings. The molecule has 0 saturated carbocycles. The highest BCUT2D eigenvalue weighted by Gasteiger charge is 2.20. The summed E-state index contributed by atoms with van der Waals surface area (Å²) in [5.41, 5.74) is -0.291. The van der Waals surface area contributed by atoms with Gasteiger partial charge in [-0.3, -0.25) is 4.79 Å². The standard InChI is InChI=1S/C12H16BrNO2S/c1-12(16,8-17-2)7-14-11(15)9-4-3-5-10(13)6-9/h3-6,16H,7-8H2,1-2H3,(H,14,15). The maximum absolute atomic E-state index is 11.8. The van der Waals surface area contributed by atoms with Crippen LogP contribution in [0.2, 0.25) is 0 Å². The van der Waals surface area contributed by atoms with Gasteiger partial charge in [0, 0.05) is 22.3 Å². The minimum atomic E-state index is -0.874. The first-order valence-electron chi connectivity index (χ1n) is 5.20. The van der Waals surface area contributed by atoms with E-state index in [4.69, 9.17) is 0 Å². The van der Waals surface area contributed by atoms with Gasteiger partial charge in [-0.1, -0.05) is 22.0 Å². The number of hydrogen-bond donors (Lipinski definition) is 2. The van der Waals surface area contributed by atoms with Crippen LogP contribution in [0.15, 0.2) is 28.7 Å². The van der Waals surface area contributed by atoms with Crippen LogP contribution in [-0.2, 0) is 0 Å². The minimum Gasteiger partial charge on any atom is -0.387 e. The Morgan fingerprint density at radius 3 is 2.88 bits per heavy atom. The van der Waals surface area contributed by atoms with Crippen molar-refractivity contribution in [3.05, 3.63) is 34.3 Å². The Balaban J connectivity index is 2.56. The lowest BCUT2D eigenvalue weighted by molar-refractivity contribution is 0.0725. The molecule has 0 aliphatic carbocycles. The molecule has 0 bridgehead atoms. The normalized spacial score (nSPS) is 14.1. The lowest BCUT2D eigenvalue weighted by atomic mass is 10.1. The van der Waals surface area contributed by atoms with E-state index in [1.807, 2.05) is 12.3 Å². The quantitative estimate of drug-likeness (QED) is 0.876. The minimum absolute atomic E-state index is 0.173. The number of benzene rings is 1. The highest BCUT2D eigenvalue weighted by molar-refractivity contribution is 9.10. The molecule has 5 heteroatoms. The molecule has 3 nitrogen and oxygen atoms in total. The van der Waals surface area contributed by atoms with Crippen molar-refractivity contribution >= 4 is 33.6 Å². The van der Waals surface area contributed by atoms with Gasteiger partial charge in [-0.25, -0.2) is 0 Å². The molecule has 94 valence electrons. The number of rotatable bonds is 5. The molecule has 0 aliphatic heterocycles. The molecule has 0 aromatic heterocycles. The van der Waals surface area contributed by atoms with Crippen molar-refractivity contribution < 1.29 is 9.90 Å². The van der Waals surface area contributed by atoms with Crippen LogP contribution < -0.4 is 5.32 Å². The second kappa shape index (κ2) is 6.42. The second-order valence-electron chi connectivity index (χ2n) is 4.12. The number of aliphatic hydroxyl groups is 1. The first-order valence-corrected chi connectivity index (χ1v) is 7.38. The van der Waals surface area contributed by atoms with Gasteiger partial charge in [0.2, 0.25) is 0 Å². The van der Waals surface area contributed by atoms with Gasteiger partial charge in [-0.2, -0.15) is 11.8 Å². The molecule has 0 saturated heterocycles. The second-order valence-corrected chi connectivity index (χ2v) is 5.90. The van der Waals surface area contributed by atoms with Crippen LogP contribution in [0.25, 0.3) is 0 Å². The van der Waals surface area contributed by atoms with Gasteiger partial charge in [-0.05, 0) is 31.4 Å². The van der Waals surface area contributed by atoms with Crippen molar-refractivity contribution in [2.45, 2.75) is 12.5 Å². The largest absolute Gasteiger partial charge is 0.387 e. The predicted octanol–water partition coefficient (Wildman–Crippen LogP) is 2.29. The topological polar surface area (TPSA) is 49.3 Å². The fourth-order valence-corrected chi connectivity index (χ4v) is 2.49. The van der Waals surface area contributed by atoms with Gasteiger partial charge >= 0.3 is 0 Å². The molecular weight excluding hydrogens is 302 g/mol. The van der Waals surface area contributed by atoms with Gasteiger partial charge in [0.25, 0.3) is 5.91 Å². The molecule has 1 rings (SSSR count). The molecule has 17 heavy (non-hydrogen) atoms. The number of nitrogens with one attached hydrogen (secondary N) is 1. The predicted molar refractivity (Wildman–Crippen MR) is 75.5 cm³/mol. The first kappa shape index (κ1) is 14.5. The van der Waals surface area contributed by atoms with E-state index in [9.17, 15) is 9.90 Å². The number of halogens is 1. The van der Waals surface area contributed by atoms with E-state index in [0.717, 1.165) is 4.47 Å². The molecule has 2 N–H and O–H groups in total. The molecule has 0 spiro atoms. The zero-order valence-electron chi connectivity index (χ0n) is 9.87. The Morgan fingerprint density at radius 2 is 2.29 bits per heavy atom. The third-order valence-electron chi connectivity index (χ3n) is 2.17. The molecule has 0 fully saturated rings. The highest BCUT2D eigenvalue weighted by Crippen LogP contribution is 2.12. The molecule has 1 unspecified atom stereocenters. The Kier molecular flexibility index (Phi) is 5.49. The van der Waals surface area contributed by atoms with Gasteiger partial charge in [0.15, 0.2) is 0 Å². The van der Waals surface area contributed by atoms with Crippen molar-refractivity contribution in [2.75, 3.05) is 18.6 Å². The highest BCUT2D eigenvalue weighted by atomic mass is 79.9. The van der Waals surface area contributed by atoms with Crippen LogP contribution in [0.4, 0.5) is 0 Å². The molecule has 0 aliphatic rings. The zero-order valence-corrected chi connectivity index (χ0v) is 12.3. The average molecular weight is 318 g/mol. The van der Waals surface area contributed by atoms with Crippen molar-refractivity contribution in [3.63, 3.8) is 0 Å². The molecule has 0 radical (unpaired) electrons. The summed E-state index contributed by atoms with van der Waals surface area (Å²) in [6.07, 6.45) is 1.92. The van der Waals surface area contributed by atoms with Crippen molar-refractivity contribution in [1.82, 2.24) is 5.32 Å². The summed E-state index contributed by atoms with van der Waals surface area (Å²) in [4.78, 5) is 11.8. The molecule has 1 atom stereocenters. The smallest absolute Gasteiger partial charge is 0.251 e. The first-order chi connectivity index (χ1) is 7.94. The molecule has 0 heterocycles. The molecule has 1 amide bonds. The third kappa shape index (κ3) is 5.10. The monoisotopic (exact) mass is 317 g/mol. The Bertz CT molecular complexity index is 396. The lowest BCUT2D eigenvalue weighted by Crippen LogP contribution is -2.42. The van der Waals surface area contributed by atoms with Gasteiger partial charge in [0.1, 0.15) is 0 Å². The summed E-state index contributed by atoms with van der Waals surface area (Å²) in [5.74, 6) is 0.416. The number of carbonyl (C=O) groups excluding carboxylic acids is 1. The van der Waals surface area contributed by atoms with Crippen LogP contribution in [0, 0.1) is 0 Å². The van der Waals surface area contributed by atoms with E-state index < -0.39 is 5.60 Å². The van der Waals surface area contributed by atoms with Crippen molar-refractivity contribution in [1.29, 1.82) is 0 Å². The summed E-state index contributed by atoms with van der Waals surface area (Å²) in [5, 5.41) is 12.6. The Morgan fingerprint density at radius 1 is 1.59 bits per heavy atom. The fourth-order valence-electron chi connectivity index (χ4n) is 1.36. The fraction of sp³-hybridized carbons (Fsp3) is 0.417. The molecular formula is C12H16BrNO2S. The molecule has 1 aromatic carbocycles. The average Bonchev–Trinajstić information content (AvgIpc) is 2.26. The van der Waals surface area contributed by atoms with Crippen LogP contribution in [0.3, 0.4) is 0 Å². The summed E-state index contributed by atoms with van der Waals surface area (Å²) in [6, 6.07) is 7.15. The number of amides is 1. The van der Waals surface area contributed by atoms with E-state index >= 15 is 0 Å².